The van der Waals surface area contributed by atoms with E-state index >= 15 is 0 Å². The van der Waals surface area contributed by atoms with Gasteiger partial charge in [-0.3, -0.25) is 14.5 Å². The van der Waals surface area contributed by atoms with E-state index in [1.807, 2.05) is 0 Å². The van der Waals surface area contributed by atoms with Gasteiger partial charge in [-0.15, -0.1) is 0 Å². The number of methoxy groups -OCH3 is 1. The maximum atomic E-state index is 13.7. The number of carbonyl (C=O) groups excluding carboxylic acids is 3. The van der Waals surface area contributed by atoms with E-state index in [0.717, 1.165) is 0 Å². The number of halogens is 1. The third kappa shape index (κ3) is 3.13. The van der Waals surface area contributed by atoms with Crippen LogP contribution in [0, 0.1) is 5.82 Å². The van der Waals surface area contributed by atoms with Gasteiger partial charge in [0.15, 0.2) is 0 Å². The molecule has 1 fully saturated rings. The summed E-state index contributed by atoms with van der Waals surface area (Å²) in [4.78, 5) is 42.6. The lowest BCUT2D eigenvalue weighted by Gasteiger charge is -2.50. The number of hydrogen-bond acceptors (Lipinski definition) is 5. The molecule has 0 aliphatic carbocycles. The zero-order valence-electron chi connectivity index (χ0n) is 17.6. The quantitative estimate of drug-likeness (QED) is 0.686. The van der Waals surface area contributed by atoms with Gasteiger partial charge in [0.1, 0.15) is 18.2 Å². The molecule has 2 amide bonds. The third-order valence-corrected chi connectivity index (χ3v) is 5.74. The van der Waals surface area contributed by atoms with Crippen LogP contribution in [-0.2, 0) is 20.9 Å². The Bertz CT molecular complexity index is 1070. The molecule has 0 bridgehead atoms. The zero-order valence-corrected chi connectivity index (χ0v) is 17.6. The van der Waals surface area contributed by atoms with E-state index < -0.39 is 17.4 Å². The van der Waals surface area contributed by atoms with Crippen LogP contribution in [0.2, 0.25) is 0 Å². The van der Waals surface area contributed by atoms with Gasteiger partial charge in [-0.1, -0.05) is 12.1 Å². The van der Waals surface area contributed by atoms with E-state index in [1.165, 1.54) is 35.1 Å². The maximum Gasteiger partial charge on any atom is 0.354 e. The van der Waals surface area contributed by atoms with Crippen LogP contribution in [0.25, 0.3) is 0 Å². The molecule has 162 valence electrons. The second-order valence-electron chi connectivity index (χ2n) is 7.86. The number of fused-ring (bicyclic) bond motifs is 3. The van der Waals surface area contributed by atoms with Crippen molar-refractivity contribution in [1.29, 1.82) is 0 Å². The summed E-state index contributed by atoms with van der Waals surface area (Å²) in [6.07, 6.45) is 0.215. The molecule has 0 radical (unpaired) electrons. The molecule has 2 aromatic carbocycles. The SMILES string of the molecule is COc1ccc(F)cc1COC(=O)[C@]12CCC(=O)N1c1ccccc1C(=O)N2C(C)C. The summed E-state index contributed by atoms with van der Waals surface area (Å²) in [6.45, 7) is 3.32. The number of rotatable bonds is 5. The average Bonchev–Trinajstić information content (AvgIpc) is 3.10. The molecule has 0 aromatic heterocycles. The number of anilines is 1. The molecule has 4 rings (SSSR count). The second-order valence-corrected chi connectivity index (χ2v) is 7.86. The number of amides is 2. The van der Waals surface area contributed by atoms with Crippen LogP contribution < -0.4 is 9.64 Å². The first-order valence-electron chi connectivity index (χ1n) is 10.1. The first-order chi connectivity index (χ1) is 14.8. The molecule has 0 saturated carbocycles. The Morgan fingerprint density at radius 2 is 1.94 bits per heavy atom. The van der Waals surface area contributed by atoms with Crippen molar-refractivity contribution in [3.05, 3.63) is 59.4 Å². The Morgan fingerprint density at radius 3 is 2.65 bits per heavy atom. The van der Waals surface area contributed by atoms with Crippen molar-refractivity contribution in [2.75, 3.05) is 12.0 Å². The molecule has 2 aliphatic heterocycles. The van der Waals surface area contributed by atoms with Crippen LogP contribution in [0.15, 0.2) is 42.5 Å². The summed E-state index contributed by atoms with van der Waals surface area (Å²) >= 11 is 0. The first kappa shape index (κ1) is 20.8. The van der Waals surface area contributed by atoms with Crippen molar-refractivity contribution in [3.8, 4) is 5.75 Å². The van der Waals surface area contributed by atoms with E-state index in [0.29, 0.717) is 22.6 Å². The minimum atomic E-state index is -1.59. The highest BCUT2D eigenvalue weighted by Gasteiger charge is 2.62. The van der Waals surface area contributed by atoms with E-state index in [4.69, 9.17) is 9.47 Å². The Morgan fingerprint density at radius 1 is 1.19 bits per heavy atom. The van der Waals surface area contributed by atoms with Gasteiger partial charge in [-0.2, -0.15) is 0 Å². The summed E-state index contributed by atoms with van der Waals surface area (Å²) in [5.74, 6) is -1.45. The average molecular weight is 426 g/mol. The van der Waals surface area contributed by atoms with Crippen LogP contribution >= 0.6 is 0 Å². The molecule has 7 nitrogen and oxygen atoms in total. The number of hydrogen-bond donors (Lipinski definition) is 0. The topological polar surface area (TPSA) is 76.1 Å². The van der Waals surface area contributed by atoms with E-state index in [1.54, 1.807) is 38.1 Å². The smallest absolute Gasteiger partial charge is 0.354 e. The van der Waals surface area contributed by atoms with Crippen LogP contribution in [0.5, 0.6) is 5.75 Å². The first-order valence-corrected chi connectivity index (χ1v) is 10.1. The summed E-state index contributed by atoms with van der Waals surface area (Å²) in [6, 6.07) is 10.3. The van der Waals surface area contributed by atoms with Crippen LogP contribution in [0.3, 0.4) is 0 Å². The lowest BCUT2D eigenvalue weighted by atomic mass is 9.95. The van der Waals surface area contributed by atoms with E-state index in [-0.39, 0.29) is 37.3 Å². The van der Waals surface area contributed by atoms with Gasteiger partial charge in [0.25, 0.3) is 5.91 Å². The minimum Gasteiger partial charge on any atom is -0.496 e. The second kappa shape index (κ2) is 7.68. The highest BCUT2D eigenvalue weighted by Crippen LogP contribution is 2.46. The molecular weight excluding hydrogens is 403 g/mol. The summed E-state index contributed by atoms with van der Waals surface area (Å²) in [7, 11) is 1.44. The number of para-hydroxylation sites is 1. The monoisotopic (exact) mass is 426 g/mol. The van der Waals surface area contributed by atoms with Gasteiger partial charge < -0.3 is 14.4 Å². The van der Waals surface area contributed by atoms with Gasteiger partial charge in [-0.05, 0) is 44.2 Å². The molecule has 0 N–H and O–H groups in total. The predicted octanol–water partition coefficient (Wildman–Crippen LogP) is 3.27. The molecule has 31 heavy (non-hydrogen) atoms. The van der Waals surface area contributed by atoms with Crippen molar-refractivity contribution < 1.29 is 28.2 Å². The van der Waals surface area contributed by atoms with Gasteiger partial charge in [0.05, 0.1) is 18.4 Å². The standard InChI is InChI=1S/C23H23FN2O5/c1-14(2)25-21(28)17-6-4-5-7-18(17)26-20(27)10-11-23(25,26)22(29)31-13-15-12-16(24)8-9-19(15)30-3/h4-9,12,14H,10-11,13H2,1-3H3/t23-/m0/s1. The molecule has 0 unspecified atom stereocenters. The largest absolute Gasteiger partial charge is 0.496 e. The van der Waals surface area contributed by atoms with Gasteiger partial charge in [0, 0.05) is 24.4 Å². The molecule has 0 spiro atoms. The fourth-order valence-corrected chi connectivity index (χ4v) is 4.49. The highest BCUT2D eigenvalue weighted by molar-refractivity contribution is 6.15. The fourth-order valence-electron chi connectivity index (χ4n) is 4.49. The number of benzene rings is 2. The Hall–Kier alpha value is -3.42. The Balaban J connectivity index is 1.75. The predicted molar refractivity (Wildman–Crippen MR) is 110 cm³/mol. The lowest BCUT2D eigenvalue weighted by molar-refractivity contribution is -0.159. The van der Waals surface area contributed by atoms with Crippen molar-refractivity contribution in [2.24, 2.45) is 0 Å². The number of carbonyl (C=O) groups is 3. The van der Waals surface area contributed by atoms with Gasteiger partial charge in [0.2, 0.25) is 11.6 Å². The molecule has 2 aromatic rings. The summed E-state index contributed by atoms with van der Waals surface area (Å²) < 4.78 is 24.5. The van der Waals surface area contributed by atoms with Gasteiger partial charge in [-0.25, -0.2) is 9.18 Å². The number of esters is 1. The van der Waals surface area contributed by atoms with E-state index in [9.17, 15) is 18.8 Å². The van der Waals surface area contributed by atoms with Gasteiger partial charge >= 0.3 is 5.97 Å². The summed E-state index contributed by atoms with van der Waals surface area (Å²) in [5, 5.41) is 0. The maximum absolute atomic E-state index is 13.7. The molecule has 1 saturated heterocycles. The fraction of sp³-hybridized carbons (Fsp3) is 0.348. The molecule has 8 heteroatoms. The van der Waals surface area contributed by atoms with Crippen LogP contribution in [0.4, 0.5) is 10.1 Å². The molecule has 1 atom stereocenters. The molecular formula is C23H23FN2O5. The normalized spacial score (nSPS) is 20.0. The third-order valence-electron chi connectivity index (χ3n) is 5.74. The van der Waals surface area contributed by atoms with E-state index in [2.05, 4.69) is 0 Å². The van der Waals surface area contributed by atoms with Crippen molar-refractivity contribution >= 4 is 23.5 Å². The lowest BCUT2D eigenvalue weighted by Crippen LogP contribution is -2.70. The Kier molecular flexibility index (Phi) is 5.16. The highest BCUT2D eigenvalue weighted by atomic mass is 19.1. The molecule has 2 aliphatic rings. The number of ether oxygens (including phenoxy) is 2. The molecule has 2 heterocycles. The van der Waals surface area contributed by atoms with Crippen molar-refractivity contribution in [3.63, 3.8) is 0 Å². The summed E-state index contributed by atoms with van der Waals surface area (Å²) in [5.41, 5.74) is -0.479. The minimum absolute atomic E-state index is 0.100. The van der Waals surface area contributed by atoms with Crippen LogP contribution in [-0.4, -0.2) is 41.5 Å². The van der Waals surface area contributed by atoms with Crippen molar-refractivity contribution in [2.45, 2.75) is 45.0 Å². The van der Waals surface area contributed by atoms with Crippen LogP contribution in [0.1, 0.15) is 42.6 Å². The number of nitrogens with zero attached hydrogens (tertiary/aromatic N) is 2. The Labute approximate surface area is 179 Å². The zero-order chi connectivity index (χ0) is 22.3. The van der Waals surface area contributed by atoms with Crippen molar-refractivity contribution in [1.82, 2.24) is 4.90 Å².